The first-order valence-electron chi connectivity index (χ1n) is 9.80. The zero-order valence-corrected chi connectivity index (χ0v) is 14.9. The molecule has 2 fully saturated rings. The molecule has 4 rings (SSSR count). The second-order valence-electron chi connectivity index (χ2n) is 8.69. The van der Waals surface area contributed by atoms with Gasteiger partial charge in [-0.05, 0) is 91.8 Å². The average Bonchev–Trinajstić information content (AvgIpc) is 2.87. The maximum absolute atomic E-state index is 11.9. The highest BCUT2D eigenvalue weighted by atomic mass is 16.3. The van der Waals surface area contributed by atoms with E-state index in [0.29, 0.717) is 30.0 Å². The first-order valence-corrected chi connectivity index (χ1v) is 9.80. The summed E-state index contributed by atoms with van der Waals surface area (Å²) in [5.41, 5.74) is 4.64. The second kappa shape index (κ2) is 5.98. The van der Waals surface area contributed by atoms with Gasteiger partial charge in [-0.3, -0.25) is 4.79 Å². The van der Waals surface area contributed by atoms with Crippen molar-refractivity contribution in [2.24, 2.45) is 23.2 Å². The molecule has 5 atom stereocenters. The molecule has 130 valence electrons. The van der Waals surface area contributed by atoms with E-state index in [9.17, 15) is 9.90 Å². The molecule has 24 heavy (non-hydrogen) atoms. The summed E-state index contributed by atoms with van der Waals surface area (Å²) < 4.78 is 0. The number of carbonyl (C=O) groups is 1. The first-order chi connectivity index (χ1) is 11.5. The summed E-state index contributed by atoms with van der Waals surface area (Å²) in [4.78, 5) is 11.9. The standard InChI is InChI=1S/C22H30O2/c1-3-4-5-15-13-22(2)19(10-11-20(22)24)18-8-6-14-12-16(23)7-9-17(14)21(15)18/h3,12,15,18-20,24H,1,4-11,13H2,2H3/t15-,18-,19-,20-,22-/m0/s1. The number of ketones is 1. The molecule has 2 saturated carbocycles. The van der Waals surface area contributed by atoms with E-state index in [-0.39, 0.29) is 11.5 Å². The van der Waals surface area contributed by atoms with Crippen molar-refractivity contribution in [2.45, 2.75) is 70.8 Å². The van der Waals surface area contributed by atoms with Crippen molar-refractivity contribution in [2.75, 3.05) is 0 Å². The van der Waals surface area contributed by atoms with Crippen LogP contribution in [0.25, 0.3) is 0 Å². The van der Waals surface area contributed by atoms with Crippen LogP contribution in [0.2, 0.25) is 0 Å². The first kappa shape index (κ1) is 16.3. The van der Waals surface area contributed by atoms with Gasteiger partial charge in [-0.1, -0.05) is 18.6 Å². The smallest absolute Gasteiger partial charge is 0.156 e. The maximum Gasteiger partial charge on any atom is 0.156 e. The summed E-state index contributed by atoms with van der Waals surface area (Å²) in [6.07, 6.45) is 13.2. The third-order valence-electron chi connectivity index (χ3n) is 7.51. The van der Waals surface area contributed by atoms with Gasteiger partial charge in [0.1, 0.15) is 0 Å². The van der Waals surface area contributed by atoms with E-state index in [4.69, 9.17) is 0 Å². The summed E-state index contributed by atoms with van der Waals surface area (Å²) in [7, 11) is 0. The summed E-state index contributed by atoms with van der Waals surface area (Å²) in [5.74, 6) is 2.14. The molecule has 0 radical (unpaired) electrons. The molecule has 0 aromatic heterocycles. The SMILES string of the molecule is C=CCC[C@H]1C[C@]2(C)[C@@H](O)CC[C@H]2[C@@H]2CCC3=CC(=O)CCC3=C12. The van der Waals surface area contributed by atoms with Crippen molar-refractivity contribution in [3.63, 3.8) is 0 Å². The normalized spacial score (nSPS) is 41.4. The highest BCUT2D eigenvalue weighted by Gasteiger charge is 2.55. The zero-order chi connectivity index (χ0) is 16.9. The number of aliphatic hydroxyl groups is 1. The van der Waals surface area contributed by atoms with Gasteiger partial charge in [-0.15, -0.1) is 6.58 Å². The molecule has 1 N–H and O–H groups in total. The molecule has 0 amide bonds. The number of hydrogen-bond donors (Lipinski definition) is 1. The predicted molar refractivity (Wildman–Crippen MR) is 96.4 cm³/mol. The van der Waals surface area contributed by atoms with Gasteiger partial charge in [0.05, 0.1) is 6.10 Å². The minimum atomic E-state index is -0.134. The molecule has 4 aliphatic carbocycles. The van der Waals surface area contributed by atoms with Crippen LogP contribution in [-0.4, -0.2) is 17.0 Å². The van der Waals surface area contributed by atoms with Crippen molar-refractivity contribution < 1.29 is 9.90 Å². The molecule has 0 aromatic rings. The summed E-state index contributed by atoms with van der Waals surface area (Å²) >= 11 is 0. The van der Waals surface area contributed by atoms with Gasteiger partial charge in [0.25, 0.3) is 0 Å². The lowest BCUT2D eigenvalue weighted by Gasteiger charge is -2.52. The van der Waals surface area contributed by atoms with Crippen LogP contribution in [0.15, 0.2) is 35.5 Å². The molecule has 0 bridgehead atoms. The van der Waals surface area contributed by atoms with Crippen LogP contribution in [0.4, 0.5) is 0 Å². The van der Waals surface area contributed by atoms with Crippen LogP contribution < -0.4 is 0 Å². The van der Waals surface area contributed by atoms with Gasteiger partial charge in [0.15, 0.2) is 5.78 Å². The molecule has 0 saturated heterocycles. The van der Waals surface area contributed by atoms with Gasteiger partial charge in [-0.25, -0.2) is 0 Å². The minimum absolute atomic E-state index is 0.0896. The van der Waals surface area contributed by atoms with Crippen molar-refractivity contribution in [1.29, 1.82) is 0 Å². The number of carbonyl (C=O) groups excluding carboxylic acids is 1. The maximum atomic E-state index is 11.9. The average molecular weight is 326 g/mol. The zero-order valence-electron chi connectivity index (χ0n) is 14.9. The fourth-order valence-electron chi connectivity index (χ4n) is 6.38. The summed E-state index contributed by atoms with van der Waals surface area (Å²) in [6, 6.07) is 0. The van der Waals surface area contributed by atoms with Gasteiger partial charge >= 0.3 is 0 Å². The Morgan fingerprint density at radius 1 is 1.29 bits per heavy atom. The van der Waals surface area contributed by atoms with E-state index < -0.39 is 0 Å². The van der Waals surface area contributed by atoms with E-state index >= 15 is 0 Å². The Balaban J connectivity index is 1.78. The van der Waals surface area contributed by atoms with Crippen LogP contribution in [0.5, 0.6) is 0 Å². The quantitative estimate of drug-likeness (QED) is 0.760. The Labute approximate surface area is 145 Å². The third kappa shape index (κ3) is 2.37. The molecule has 2 heteroatoms. The van der Waals surface area contributed by atoms with Crippen LogP contribution in [0.3, 0.4) is 0 Å². The molecule has 0 unspecified atom stereocenters. The van der Waals surface area contributed by atoms with Crippen molar-refractivity contribution in [3.8, 4) is 0 Å². The largest absolute Gasteiger partial charge is 0.393 e. The van der Waals surface area contributed by atoms with Crippen molar-refractivity contribution in [3.05, 3.63) is 35.5 Å². The van der Waals surface area contributed by atoms with Crippen LogP contribution in [0.1, 0.15) is 64.7 Å². The van der Waals surface area contributed by atoms with E-state index in [2.05, 4.69) is 13.5 Å². The highest BCUT2D eigenvalue weighted by Crippen LogP contribution is 2.62. The Bertz CT molecular complexity index is 626. The predicted octanol–water partition coefficient (Wildman–Crippen LogP) is 4.75. The molecular weight excluding hydrogens is 296 g/mol. The Morgan fingerprint density at radius 2 is 2.12 bits per heavy atom. The fraction of sp³-hybridized carbons (Fsp3) is 0.682. The molecule has 0 heterocycles. The lowest BCUT2D eigenvalue weighted by atomic mass is 9.53. The lowest BCUT2D eigenvalue weighted by Crippen LogP contribution is -2.45. The number of allylic oxidation sites excluding steroid dienone is 5. The molecular formula is C22H30O2. The fourth-order valence-corrected chi connectivity index (χ4v) is 6.38. The Morgan fingerprint density at radius 3 is 2.92 bits per heavy atom. The van der Waals surface area contributed by atoms with E-state index in [1.165, 1.54) is 24.0 Å². The topological polar surface area (TPSA) is 37.3 Å². The van der Waals surface area contributed by atoms with Crippen LogP contribution >= 0.6 is 0 Å². The van der Waals surface area contributed by atoms with Gasteiger partial charge in [-0.2, -0.15) is 0 Å². The Hall–Kier alpha value is -1.15. The molecule has 4 aliphatic rings. The lowest BCUT2D eigenvalue weighted by molar-refractivity contribution is -0.114. The third-order valence-corrected chi connectivity index (χ3v) is 7.51. The van der Waals surface area contributed by atoms with Crippen LogP contribution in [0, 0.1) is 23.2 Å². The van der Waals surface area contributed by atoms with Crippen LogP contribution in [-0.2, 0) is 4.79 Å². The highest BCUT2D eigenvalue weighted by molar-refractivity contribution is 5.93. The molecule has 0 aliphatic heterocycles. The monoisotopic (exact) mass is 326 g/mol. The van der Waals surface area contributed by atoms with E-state index in [1.54, 1.807) is 5.57 Å². The van der Waals surface area contributed by atoms with Crippen molar-refractivity contribution in [1.82, 2.24) is 0 Å². The number of fused-ring (bicyclic) bond motifs is 4. The van der Waals surface area contributed by atoms with Gasteiger partial charge < -0.3 is 5.11 Å². The van der Waals surface area contributed by atoms with E-state index in [1.807, 2.05) is 12.2 Å². The molecule has 0 aromatic carbocycles. The van der Waals surface area contributed by atoms with E-state index in [0.717, 1.165) is 38.5 Å². The second-order valence-corrected chi connectivity index (χ2v) is 8.69. The molecule has 2 nitrogen and oxygen atoms in total. The number of aliphatic hydroxyl groups excluding tert-OH is 1. The van der Waals surface area contributed by atoms with Crippen molar-refractivity contribution >= 4 is 5.78 Å². The van der Waals surface area contributed by atoms with Gasteiger partial charge in [0, 0.05) is 6.42 Å². The number of rotatable bonds is 3. The van der Waals surface area contributed by atoms with Gasteiger partial charge in [0.2, 0.25) is 0 Å². The number of hydrogen-bond acceptors (Lipinski definition) is 2. The molecule has 0 spiro atoms. The minimum Gasteiger partial charge on any atom is -0.393 e. The summed E-state index contributed by atoms with van der Waals surface area (Å²) in [5, 5.41) is 10.7. The Kier molecular flexibility index (Phi) is 4.07. The summed E-state index contributed by atoms with van der Waals surface area (Å²) in [6.45, 7) is 6.26.